The number of benzene rings is 2. The highest BCUT2D eigenvalue weighted by Crippen LogP contribution is 2.43. The van der Waals surface area contributed by atoms with Gasteiger partial charge in [-0.05, 0) is 37.1 Å². The van der Waals surface area contributed by atoms with Crippen molar-refractivity contribution in [2.75, 3.05) is 15.5 Å². The van der Waals surface area contributed by atoms with Crippen molar-refractivity contribution in [1.82, 2.24) is 0 Å². The van der Waals surface area contributed by atoms with Gasteiger partial charge < -0.3 is 4.90 Å². The third-order valence-electron chi connectivity index (χ3n) is 4.78. The number of carbonyl (C=O) groups excluding carboxylic acids is 1. The van der Waals surface area contributed by atoms with E-state index in [0.717, 1.165) is 11.3 Å². The van der Waals surface area contributed by atoms with Crippen molar-refractivity contribution in [2.45, 2.75) is 38.8 Å². The minimum absolute atomic E-state index is 0.0500. The average molecular weight is 372 g/mol. The number of fused-ring (bicyclic) bond motifs is 1. The summed E-state index contributed by atoms with van der Waals surface area (Å²) in [5.74, 6) is 0.0500. The second-order valence-corrected chi connectivity index (χ2v) is 8.53. The molecule has 0 saturated carbocycles. The minimum atomic E-state index is -3.50. The summed E-state index contributed by atoms with van der Waals surface area (Å²) in [5.41, 5.74) is 2.30. The first-order valence-electron chi connectivity index (χ1n) is 8.80. The van der Waals surface area contributed by atoms with Crippen LogP contribution in [0.15, 0.2) is 54.6 Å². The van der Waals surface area contributed by atoms with Crippen LogP contribution in [0.4, 0.5) is 11.4 Å². The van der Waals surface area contributed by atoms with E-state index in [4.69, 9.17) is 0 Å². The van der Waals surface area contributed by atoms with Gasteiger partial charge in [0.1, 0.15) is 0 Å². The zero-order chi connectivity index (χ0) is 18.9. The van der Waals surface area contributed by atoms with Gasteiger partial charge in [-0.25, -0.2) is 8.42 Å². The topological polar surface area (TPSA) is 57.7 Å². The van der Waals surface area contributed by atoms with Gasteiger partial charge in [-0.15, -0.1) is 0 Å². The lowest BCUT2D eigenvalue weighted by Crippen LogP contribution is -2.47. The number of nitrogens with zero attached hydrogens (tertiary/aromatic N) is 2. The molecule has 2 unspecified atom stereocenters. The van der Waals surface area contributed by atoms with Crippen LogP contribution in [0.25, 0.3) is 0 Å². The molecule has 6 heteroatoms. The van der Waals surface area contributed by atoms with Gasteiger partial charge in [0, 0.05) is 18.2 Å². The molecule has 1 aliphatic rings. The smallest absolute Gasteiger partial charge is 0.232 e. The van der Waals surface area contributed by atoms with Gasteiger partial charge in [0.05, 0.1) is 18.0 Å². The summed E-state index contributed by atoms with van der Waals surface area (Å²) in [5, 5.41) is 0. The van der Waals surface area contributed by atoms with Crippen molar-refractivity contribution in [3.8, 4) is 0 Å². The predicted molar refractivity (Wildman–Crippen MR) is 105 cm³/mol. The Morgan fingerprint density at radius 3 is 2.35 bits per heavy atom. The van der Waals surface area contributed by atoms with Gasteiger partial charge in [-0.2, -0.15) is 0 Å². The number of hydrogen-bond acceptors (Lipinski definition) is 3. The molecule has 0 saturated heterocycles. The Bertz CT molecular complexity index is 896. The lowest BCUT2D eigenvalue weighted by atomic mass is 9.91. The van der Waals surface area contributed by atoms with Gasteiger partial charge in [0.25, 0.3) is 0 Å². The van der Waals surface area contributed by atoms with E-state index in [9.17, 15) is 13.2 Å². The zero-order valence-electron chi connectivity index (χ0n) is 15.3. The van der Waals surface area contributed by atoms with Gasteiger partial charge in [-0.3, -0.25) is 9.10 Å². The van der Waals surface area contributed by atoms with E-state index in [-0.39, 0.29) is 18.0 Å². The number of para-hydroxylation sites is 2. The molecule has 26 heavy (non-hydrogen) atoms. The number of carbonyl (C=O) groups is 1. The van der Waals surface area contributed by atoms with E-state index in [1.807, 2.05) is 56.3 Å². The molecular formula is C20H24N2O3S. The maximum Gasteiger partial charge on any atom is 0.232 e. The Balaban J connectivity index is 2.16. The molecule has 1 aliphatic heterocycles. The first kappa shape index (κ1) is 18.5. The van der Waals surface area contributed by atoms with Crippen molar-refractivity contribution in [2.24, 2.45) is 0 Å². The Hall–Kier alpha value is -2.34. The summed E-state index contributed by atoms with van der Waals surface area (Å²) < 4.78 is 26.8. The van der Waals surface area contributed by atoms with Gasteiger partial charge >= 0.3 is 0 Å². The van der Waals surface area contributed by atoms with Crippen LogP contribution in [0.2, 0.25) is 0 Å². The number of hydrogen-bond donors (Lipinski definition) is 0. The summed E-state index contributed by atoms with van der Waals surface area (Å²) >= 11 is 0. The van der Waals surface area contributed by atoms with Crippen molar-refractivity contribution >= 4 is 27.3 Å². The molecule has 0 bridgehead atoms. The van der Waals surface area contributed by atoms with E-state index >= 15 is 0 Å². The van der Waals surface area contributed by atoms with Crippen LogP contribution < -0.4 is 9.21 Å². The van der Waals surface area contributed by atoms with E-state index in [1.165, 1.54) is 10.6 Å². The molecule has 0 fully saturated rings. The molecule has 0 aliphatic carbocycles. The van der Waals surface area contributed by atoms with Gasteiger partial charge in [-0.1, -0.05) is 43.3 Å². The van der Waals surface area contributed by atoms with E-state index in [1.54, 1.807) is 17.0 Å². The Morgan fingerprint density at radius 2 is 1.73 bits per heavy atom. The van der Waals surface area contributed by atoms with E-state index < -0.39 is 10.0 Å². The second-order valence-electron chi connectivity index (χ2n) is 6.67. The minimum Gasteiger partial charge on any atom is -0.309 e. The molecule has 5 nitrogen and oxygen atoms in total. The summed E-state index contributed by atoms with van der Waals surface area (Å²) in [7, 11) is -3.50. The summed E-state index contributed by atoms with van der Waals surface area (Å²) in [6.07, 6.45) is 2.19. The molecule has 2 atom stereocenters. The van der Waals surface area contributed by atoms with E-state index in [2.05, 4.69) is 0 Å². The van der Waals surface area contributed by atoms with Crippen molar-refractivity contribution in [3.05, 3.63) is 60.2 Å². The largest absolute Gasteiger partial charge is 0.309 e. The molecular weight excluding hydrogens is 348 g/mol. The highest BCUT2D eigenvalue weighted by molar-refractivity contribution is 7.92. The Labute approximate surface area is 155 Å². The van der Waals surface area contributed by atoms with Crippen LogP contribution in [-0.2, 0) is 14.8 Å². The summed E-state index contributed by atoms with van der Waals surface area (Å²) in [6, 6.07) is 16.3. The zero-order valence-corrected chi connectivity index (χ0v) is 16.1. The normalized spacial score (nSPS) is 19.7. The summed E-state index contributed by atoms with van der Waals surface area (Å²) in [4.78, 5) is 14.3. The molecule has 3 rings (SSSR count). The molecule has 138 valence electrons. The third kappa shape index (κ3) is 3.33. The van der Waals surface area contributed by atoms with Crippen LogP contribution in [-0.4, -0.2) is 26.6 Å². The maximum absolute atomic E-state index is 12.7. The lowest BCUT2D eigenvalue weighted by Gasteiger charge is -2.43. The molecule has 2 aromatic rings. The SMILES string of the molecule is CCC(=O)N1c2ccccc2C(N(c2ccccc2)S(C)(=O)=O)CC1C. The first-order chi connectivity index (χ1) is 12.3. The van der Waals surface area contributed by atoms with Crippen molar-refractivity contribution in [3.63, 3.8) is 0 Å². The number of amides is 1. The summed E-state index contributed by atoms with van der Waals surface area (Å²) in [6.45, 7) is 3.82. The number of anilines is 2. The van der Waals surface area contributed by atoms with Gasteiger partial charge in [0.2, 0.25) is 15.9 Å². The highest BCUT2D eigenvalue weighted by Gasteiger charge is 2.38. The monoisotopic (exact) mass is 372 g/mol. The maximum atomic E-state index is 12.7. The Morgan fingerprint density at radius 1 is 1.12 bits per heavy atom. The molecule has 0 N–H and O–H groups in total. The highest BCUT2D eigenvalue weighted by atomic mass is 32.2. The molecule has 2 aromatic carbocycles. The van der Waals surface area contributed by atoms with Crippen LogP contribution in [0, 0.1) is 0 Å². The van der Waals surface area contributed by atoms with Crippen LogP contribution >= 0.6 is 0 Å². The first-order valence-corrected chi connectivity index (χ1v) is 10.6. The van der Waals surface area contributed by atoms with Crippen LogP contribution in [0.3, 0.4) is 0 Å². The molecule has 0 spiro atoms. The second kappa shape index (κ2) is 7.11. The quantitative estimate of drug-likeness (QED) is 0.822. The lowest BCUT2D eigenvalue weighted by molar-refractivity contribution is -0.118. The fourth-order valence-electron chi connectivity index (χ4n) is 3.73. The predicted octanol–water partition coefficient (Wildman–Crippen LogP) is 3.73. The standard InChI is InChI=1S/C20H24N2O3S/c1-4-20(23)21-15(2)14-19(17-12-8-9-13-18(17)21)22(26(3,24)25)16-10-6-5-7-11-16/h5-13,15,19H,4,14H2,1-3H3. The fourth-order valence-corrected chi connectivity index (χ4v) is 4.90. The molecule has 0 radical (unpaired) electrons. The fraction of sp³-hybridized carbons (Fsp3) is 0.350. The number of sulfonamides is 1. The molecule has 0 aromatic heterocycles. The van der Waals surface area contributed by atoms with Crippen molar-refractivity contribution in [1.29, 1.82) is 0 Å². The Kier molecular flexibility index (Phi) is 5.05. The van der Waals surface area contributed by atoms with Crippen molar-refractivity contribution < 1.29 is 13.2 Å². The van der Waals surface area contributed by atoms with Crippen LogP contribution in [0.5, 0.6) is 0 Å². The van der Waals surface area contributed by atoms with E-state index in [0.29, 0.717) is 18.5 Å². The third-order valence-corrected chi connectivity index (χ3v) is 5.96. The average Bonchev–Trinajstić information content (AvgIpc) is 2.61. The molecule has 1 heterocycles. The molecule has 1 amide bonds. The van der Waals surface area contributed by atoms with Crippen LogP contribution in [0.1, 0.15) is 38.3 Å². The van der Waals surface area contributed by atoms with Gasteiger partial charge in [0.15, 0.2) is 0 Å². The number of rotatable bonds is 4.